The summed E-state index contributed by atoms with van der Waals surface area (Å²) in [5.41, 5.74) is 7.07. The van der Waals surface area contributed by atoms with E-state index < -0.39 is 17.9 Å². The molecule has 9 nitrogen and oxygen atoms in total. The lowest BCUT2D eigenvalue weighted by Crippen LogP contribution is -2.32. The molecular formula is C23H32N2O7S. The molecule has 0 amide bonds. The zero-order valence-corrected chi connectivity index (χ0v) is 20.3. The summed E-state index contributed by atoms with van der Waals surface area (Å²) in [7, 11) is 2.85. The van der Waals surface area contributed by atoms with Crippen LogP contribution < -0.4 is 15.8 Å². The van der Waals surface area contributed by atoms with Crippen LogP contribution in [-0.4, -0.2) is 72.0 Å². The Hall–Kier alpha value is -2.53. The van der Waals surface area contributed by atoms with Crippen molar-refractivity contribution in [2.75, 3.05) is 60.1 Å². The molecule has 1 aromatic rings. The molecule has 0 saturated heterocycles. The van der Waals surface area contributed by atoms with E-state index in [4.69, 9.17) is 29.4 Å². The highest BCUT2D eigenvalue weighted by Gasteiger charge is 2.38. The Balaban J connectivity index is 2.53. The molecule has 0 bridgehead atoms. The lowest BCUT2D eigenvalue weighted by Gasteiger charge is -2.30. The van der Waals surface area contributed by atoms with E-state index in [1.54, 1.807) is 14.0 Å². The van der Waals surface area contributed by atoms with Crippen molar-refractivity contribution in [1.29, 1.82) is 0 Å². The van der Waals surface area contributed by atoms with Crippen LogP contribution in [0.1, 0.15) is 18.4 Å². The zero-order chi connectivity index (χ0) is 24.2. The van der Waals surface area contributed by atoms with Crippen LogP contribution in [0, 0.1) is 0 Å². The van der Waals surface area contributed by atoms with Gasteiger partial charge in [0.25, 0.3) is 0 Å². The second-order valence-corrected chi connectivity index (χ2v) is 7.67. The van der Waals surface area contributed by atoms with E-state index in [9.17, 15) is 9.59 Å². The molecule has 0 aromatic heterocycles. The first-order valence-corrected chi connectivity index (χ1v) is 11.8. The molecule has 0 radical (unpaired) electrons. The number of methoxy groups -OCH3 is 2. The minimum atomic E-state index is -0.771. The fraction of sp³-hybridized carbons (Fsp3) is 0.478. The van der Waals surface area contributed by atoms with Gasteiger partial charge in [0.2, 0.25) is 0 Å². The maximum Gasteiger partial charge on any atom is 0.336 e. The van der Waals surface area contributed by atoms with Crippen molar-refractivity contribution in [1.82, 2.24) is 5.32 Å². The van der Waals surface area contributed by atoms with Crippen molar-refractivity contribution in [2.24, 2.45) is 5.73 Å². The van der Waals surface area contributed by atoms with Gasteiger partial charge in [0.05, 0.1) is 70.0 Å². The Bertz CT molecular complexity index is 886. The zero-order valence-electron chi connectivity index (χ0n) is 19.5. The summed E-state index contributed by atoms with van der Waals surface area (Å²) in [6, 6.07) is 5.59. The van der Waals surface area contributed by atoms with Crippen molar-refractivity contribution in [3.63, 3.8) is 0 Å². The molecule has 2 rings (SSSR count). The van der Waals surface area contributed by atoms with Crippen LogP contribution in [0.2, 0.25) is 0 Å². The van der Waals surface area contributed by atoms with E-state index in [2.05, 4.69) is 5.32 Å². The normalized spacial score (nSPS) is 15.5. The Morgan fingerprint density at radius 1 is 1.12 bits per heavy atom. The topological polar surface area (TPSA) is 118 Å². The molecule has 0 unspecified atom stereocenters. The fourth-order valence-electron chi connectivity index (χ4n) is 3.46. The molecule has 1 aromatic carbocycles. The maximum atomic E-state index is 13.1. The summed E-state index contributed by atoms with van der Waals surface area (Å²) in [4.78, 5) is 26.7. The average molecular weight is 481 g/mol. The number of hydrogen-bond donors (Lipinski definition) is 2. The van der Waals surface area contributed by atoms with Crippen LogP contribution in [0.15, 0.2) is 46.1 Å². The molecule has 33 heavy (non-hydrogen) atoms. The summed E-state index contributed by atoms with van der Waals surface area (Å²) in [6.07, 6.45) is 3.46. The third-order valence-electron chi connectivity index (χ3n) is 4.87. The second-order valence-electron chi connectivity index (χ2n) is 6.82. The molecule has 0 spiro atoms. The highest BCUT2D eigenvalue weighted by Crippen LogP contribution is 2.44. The standard InChI is InChI=1S/C23H32N2O7S/c1-5-32-23(27)20-17(14-31-12-11-30-10-9-24)25-13-16(22(26)29-3)19(20)15-7-6-8-18(33-4)21(15)28-2/h6-8,13,19,25H,5,9-12,14,24H2,1-4H3/t19-/m1/s1. The van der Waals surface area contributed by atoms with Crippen LogP contribution in [0.4, 0.5) is 0 Å². The van der Waals surface area contributed by atoms with Crippen molar-refractivity contribution in [3.05, 3.63) is 46.8 Å². The third-order valence-corrected chi connectivity index (χ3v) is 5.63. The molecular weight excluding hydrogens is 448 g/mol. The first kappa shape index (κ1) is 26.7. The Kier molecular flexibility index (Phi) is 11.2. The van der Waals surface area contributed by atoms with Gasteiger partial charge in [0.1, 0.15) is 5.75 Å². The highest BCUT2D eigenvalue weighted by molar-refractivity contribution is 7.98. The van der Waals surface area contributed by atoms with E-state index in [0.717, 1.165) is 4.90 Å². The number of nitrogens with two attached hydrogens (primary N) is 1. The van der Waals surface area contributed by atoms with E-state index in [0.29, 0.717) is 43.4 Å². The highest BCUT2D eigenvalue weighted by atomic mass is 32.2. The molecule has 3 N–H and O–H groups in total. The summed E-state index contributed by atoms with van der Waals surface area (Å²) < 4.78 is 27.1. The van der Waals surface area contributed by atoms with Gasteiger partial charge in [-0.3, -0.25) is 0 Å². The number of carbonyl (C=O) groups excluding carboxylic acids is 2. The molecule has 0 aliphatic carbocycles. The van der Waals surface area contributed by atoms with Gasteiger partial charge in [0, 0.05) is 23.2 Å². The lowest BCUT2D eigenvalue weighted by atomic mass is 9.81. The Labute approximate surface area is 198 Å². The molecule has 1 atom stereocenters. The van der Waals surface area contributed by atoms with Gasteiger partial charge in [-0.1, -0.05) is 12.1 Å². The monoisotopic (exact) mass is 480 g/mol. The number of rotatable bonds is 13. The summed E-state index contributed by atoms with van der Waals surface area (Å²) in [5, 5.41) is 3.03. The number of ether oxygens (including phenoxy) is 5. The number of thioether (sulfide) groups is 1. The Morgan fingerprint density at radius 3 is 2.52 bits per heavy atom. The number of para-hydroxylation sites is 1. The van der Waals surface area contributed by atoms with Crippen LogP contribution in [0.25, 0.3) is 0 Å². The Morgan fingerprint density at radius 2 is 1.88 bits per heavy atom. The molecule has 1 heterocycles. The maximum absolute atomic E-state index is 13.1. The molecule has 1 aliphatic heterocycles. The van der Waals surface area contributed by atoms with Gasteiger partial charge in [-0.25, -0.2) is 9.59 Å². The van der Waals surface area contributed by atoms with Crippen LogP contribution >= 0.6 is 11.8 Å². The predicted molar refractivity (Wildman–Crippen MR) is 125 cm³/mol. The third kappa shape index (κ3) is 6.73. The van der Waals surface area contributed by atoms with Crippen molar-refractivity contribution in [2.45, 2.75) is 17.7 Å². The molecule has 1 aliphatic rings. The summed E-state index contributed by atoms with van der Waals surface area (Å²) >= 11 is 1.50. The number of hydrogen-bond acceptors (Lipinski definition) is 10. The number of esters is 2. The van der Waals surface area contributed by atoms with Gasteiger partial charge in [-0.05, 0) is 19.2 Å². The first-order chi connectivity index (χ1) is 16.0. The number of benzene rings is 1. The first-order valence-electron chi connectivity index (χ1n) is 10.5. The van der Waals surface area contributed by atoms with E-state index in [-0.39, 0.29) is 24.4 Å². The predicted octanol–water partition coefficient (Wildman–Crippen LogP) is 1.97. The number of dihydropyridines is 1. The second kappa shape index (κ2) is 13.9. The average Bonchev–Trinajstić information content (AvgIpc) is 2.84. The molecule has 0 saturated carbocycles. The summed E-state index contributed by atoms with van der Waals surface area (Å²) in [5.74, 6) is -1.32. The van der Waals surface area contributed by atoms with Gasteiger partial charge in [-0.2, -0.15) is 0 Å². The van der Waals surface area contributed by atoms with Crippen molar-refractivity contribution in [3.8, 4) is 5.75 Å². The minimum Gasteiger partial charge on any atom is -0.495 e. The lowest BCUT2D eigenvalue weighted by molar-refractivity contribution is -0.139. The number of carbonyl (C=O) groups is 2. The molecule has 182 valence electrons. The van der Waals surface area contributed by atoms with Crippen molar-refractivity contribution >= 4 is 23.7 Å². The SMILES string of the molecule is CCOC(=O)C1=C(COCCOCCN)NC=C(C(=O)OC)[C@H]1c1cccc(SC)c1OC. The molecule has 0 fully saturated rings. The number of nitrogens with one attached hydrogen (secondary N) is 1. The largest absolute Gasteiger partial charge is 0.495 e. The van der Waals surface area contributed by atoms with Crippen LogP contribution in [0.5, 0.6) is 5.75 Å². The van der Waals surface area contributed by atoms with Crippen LogP contribution in [0.3, 0.4) is 0 Å². The van der Waals surface area contributed by atoms with E-state index >= 15 is 0 Å². The van der Waals surface area contributed by atoms with Crippen LogP contribution in [-0.2, 0) is 28.5 Å². The summed E-state index contributed by atoms with van der Waals surface area (Å²) in [6.45, 7) is 3.54. The van der Waals surface area contributed by atoms with Crippen molar-refractivity contribution < 1.29 is 33.3 Å². The van der Waals surface area contributed by atoms with E-state index in [1.807, 2.05) is 24.5 Å². The quantitative estimate of drug-likeness (QED) is 0.246. The minimum absolute atomic E-state index is 0.0894. The molecule has 10 heteroatoms. The fourth-order valence-corrected chi connectivity index (χ4v) is 4.06. The van der Waals surface area contributed by atoms with Gasteiger partial charge < -0.3 is 34.7 Å². The van der Waals surface area contributed by atoms with Gasteiger partial charge in [0.15, 0.2) is 0 Å². The van der Waals surface area contributed by atoms with E-state index in [1.165, 1.54) is 25.1 Å². The smallest absolute Gasteiger partial charge is 0.336 e. The van der Waals surface area contributed by atoms with Gasteiger partial charge in [-0.15, -0.1) is 11.8 Å². The van der Waals surface area contributed by atoms with Gasteiger partial charge >= 0.3 is 11.9 Å².